The van der Waals surface area contributed by atoms with E-state index in [1.54, 1.807) is 0 Å². The molecule has 0 N–H and O–H groups in total. The van der Waals surface area contributed by atoms with Crippen LogP contribution in [0.25, 0.3) is 0 Å². The standard InChI is InChI=1S/C12H21NO2/c1-6-9-10(7(2)3)12(15)13(8(4)5)11(9)14/h7-10H,6H2,1-5H3. The molecule has 3 heteroatoms. The van der Waals surface area contributed by atoms with Crippen molar-refractivity contribution in [2.75, 3.05) is 0 Å². The van der Waals surface area contributed by atoms with Gasteiger partial charge in [0.2, 0.25) is 11.8 Å². The molecule has 0 spiro atoms. The highest BCUT2D eigenvalue weighted by atomic mass is 16.2. The third-order valence-electron chi connectivity index (χ3n) is 3.19. The van der Waals surface area contributed by atoms with Crippen LogP contribution in [0.4, 0.5) is 0 Å². The summed E-state index contributed by atoms with van der Waals surface area (Å²) in [7, 11) is 0. The van der Waals surface area contributed by atoms with Crippen LogP contribution in [-0.4, -0.2) is 22.8 Å². The molecule has 1 fully saturated rings. The van der Waals surface area contributed by atoms with Crippen LogP contribution < -0.4 is 0 Å². The molecule has 0 bridgehead atoms. The second-order valence-electron chi connectivity index (χ2n) is 4.92. The number of nitrogens with zero attached hydrogens (tertiary/aromatic N) is 1. The Labute approximate surface area is 91.8 Å². The third kappa shape index (κ3) is 1.92. The first kappa shape index (κ1) is 12.2. The molecular formula is C12H21NO2. The fourth-order valence-corrected chi connectivity index (χ4v) is 2.46. The zero-order chi connectivity index (χ0) is 11.7. The summed E-state index contributed by atoms with van der Waals surface area (Å²) in [6, 6.07) is -0.0113. The minimum atomic E-state index is -0.107. The lowest BCUT2D eigenvalue weighted by atomic mass is 9.84. The number of carbonyl (C=O) groups is 2. The van der Waals surface area contributed by atoms with Crippen molar-refractivity contribution >= 4 is 11.8 Å². The van der Waals surface area contributed by atoms with Crippen LogP contribution in [0.2, 0.25) is 0 Å². The van der Waals surface area contributed by atoms with Gasteiger partial charge in [0.15, 0.2) is 0 Å². The molecule has 0 aliphatic carbocycles. The van der Waals surface area contributed by atoms with Crippen molar-refractivity contribution < 1.29 is 9.59 Å². The summed E-state index contributed by atoms with van der Waals surface area (Å²) in [5.74, 6) is 0.0907. The summed E-state index contributed by atoms with van der Waals surface area (Å²) < 4.78 is 0. The summed E-state index contributed by atoms with van der Waals surface area (Å²) >= 11 is 0. The van der Waals surface area contributed by atoms with Gasteiger partial charge in [0.25, 0.3) is 0 Å². The molecular weight excluding hydrogens is 190 g/mol. The lowest BCUT2D eigenvalue weighted by molar-refractivity contribution is -0.142. The molecule has 0 aromatic heterocycles. The number of rotatable bonds is 3. The van der Waals surface area contributed by atoms with Crippen molar-refractivity contribution in [2.24, 2.45) is 17.8 Å². The third-order valence-corrected chi connectivity index (χ3v) is 3.19. The fourth-order valence-electron chi connectivity index (χ4n) is 2.46. The molecule has 1 heterocycles. The van der Waals surface area contributed by atoms with Crippen molar-refractivity contribution in [3.8, 4) is 0 Å². The first-order chi connectivity index (χ1) is 6.91. The monoisotopic (exact) mass is 211 g/mol. The van der Waals surface area contributed by atoms with Gasteiger partial charge >= 0.3 is 0 Å². The lowest BCUT2D eigenvalue weighted by Crippen LogP contribution is -2.37. The maximum Gasteiger partial charge on any atom is 0.233 e. The summed E-state index contributed by atoms with van der Waals surface area (Å²) in [5, 5.41) is 0. The molecule has 0 aromatic carbocycles. The Morgan fingerprint density at radius 2 is 1.67 bits per heavy atom. The average Bonchev–Trinajstić information content (AvgIpc) is 2.36. The predicted molar refractivity (Wildman–Crippen MR) is 59.1 cm³/mol. The first-order valence-electron chi connectivity index (χ1n) is 5.78. The van der Waals surface area contributed by atoms with Gasteiger partial charge in [-0.05, 0) is 26.2 Å². The molecule has 0 saturated carbocycles. The zero-order valence-electron chi connectivity index (χ0n) is 10.3. The number of likely N-dealkylation sites (tertiary alicyclic amines) is 1. The number of carbonyl (C=O) groups excluding carboxylic acids is 2. The van der Waals surface area contributed by atoms with Crippen LogP contribution >= 0.6 is 0 Å². The van der Waals surface area contributed by atoms with E-state index >= 15 is 0 Å². The highest BCUT2D eigenvalue weighted by molar-refractivity contribution is 6.05. The Balaban J connectivity index is 3.01. The Kier molecular flexibility index (Phi) is 3.53. The quantitative estimate of drug-likeness (QED) is 0.670. The smallest absolute Gasteiger partial charge is 0.233 e. The van der Waals surface area contributed by atoms with E-state index in [0.29, 0.717) is 0 Å². The van der Waals surface area contributed by atoms with Gasteiger partial charge in [-0.15, -0.1) is 0 Å². The Bertz CT molecular complexity index is 271. The fraction of sp³-hybridized carbons (Fsp3) is 0.833. The van der Waals surface area contributed by atoms with E-state index in [9.17, 15) is 9.59 Å². The van der Waals surface area contributed by atoms with Crippen molar-refractivity contribution in [3.05, 3.63) is 0 Å². The Morgan fingerprint density at radius 3 is 1.93 bits per heavy atom. The van der Waals surface area contributed by atoms with E-state index < -0.39 is 0 Å². The van der Waals surface area contributed by atoms with E-state index in [1.807, 2.05) is 34.6 Å². The molecule has 2 unspecified atom stereocenters. The molecule has 0 aromatic rings. The molecule has 1 saturated heterocycles. The molecule has 1 aliphatic heterocycles. The Hall–Kier alpha value is -0.860. The summed E-state index contributed by atoms with van der Waals surface area (Å²) in [6.07, 6.45) is 0.761. The number of imide groups is 1. The zero-order valence-corrected chi connectivity index (χ0v) is 10.3. The molecule has 2 atom stereocenters. The largest absolute Gasteiger partial charge is 0.280 e. The van der Waals surface area contributed by atoms with Crippen LogP contribution in [0.5, 0.6) is 0 Å². The van der Waals surface area contributed by atoms with E-state index in [1.165, 1.54) is 4.90 Å². The van der Waals surface area contributed by atoms with Crippen LogP contribution in [0.3, 0.4) is 0 Å². The molecule has 2 amide bonds. The highest BCUT2D eigenvalue weighted by Crippen LogP contribution is 2.35. The van der Waals surface area contributed by atoms with E-state index in [-0.39, 0.29) is 35.6 Å². The minimum absolute atomic E-state index is 0.0113. The second-order valence-corrected chi connectivity index (χ2v) is 4.92. The van der Waals surface area contributed by atoms with Crippen LogP contribution in [-0.2, 0) is 9.59 Å². The Morgan fingerprint density at radius 1 is 1.13 bits per heavy atom. The van der Waals surface area contributed by atoms with Crippen molar-refractivity contribution in [3.63, 3.8) is 0 Å². The summed E-state index contributed by atoms with van der Waals surface area (Å²) in [6.45, 7) is 9.80. The molecule has 1 rings (SSSR count). The van der Waals surface area contributed by atoms with E-state index in [4.69, 9.17) is 0 Å². The molecule has 15 heavy (non-hydrogen) atoms. The van der Waals surface area contributed by atoms with E-state index in [0.717, 1.165) is 6.42 Å². The molecule has 86 valence electrons. The summed E-state index contributed by atoms with van der Waals surface area (Å²) in [5.41, 5.74) is 0. The highest BCUT2D eigenvalue weighted by Gasteiger charge is 2.48. The van der Waals surface area contributed by atoms with Gasteiger partial charge in [0.05, 0.1) is 11.8 Å². The van der Waals surface area contributed by atoms with Gasteiger partial charge in [-0.1, -0.05) is 20.8 Å². The first-order valence-corrected chi connectivity index (χ1v) is 5.78. The molecule has 0 radical (unpaired) electrons. The van der Waals surface area contributed by atoms with Gasteiger partial charge in [-0.3, -0.25) is 14.5 Å². The number of hydrogen-bond donors (Lipinski definition) is 0. The number of amides is 2. The van der Waals surface area contributed by atoms with Crippen molar-refractivity contribution in [1.29, 1.82) is 0 Å². The van der Waals surface area contributed by atoms with Crippen LogP contribution in [0.1, 0.15) is 41.0 Å². The lowest BCUT2D eigenvalue weighted by Gasteiger charge is -2.19. The van der Waals surface area contributed by atoms with Gasteiger partial charge in [-0.25, -0.2) is 0 Å². The molecule has 1 aliphatic rings. The summed E-state index contributed by atoms with van der Waals surface area (Å²) in [4.78, 5) is 25.5. The van der Waals surface area contributed by atoms with Gasteiger partial charge in [0.1, 0.15) is 0 Å². The van der Waals surface area contributed by atoms with E-state index in [2.05, 4.69) is 0 Å². The topological polar surface area (TPSA) is 37.4 Å². The maximum atomic E-state index is 12.1. The second kappa shape index (κ2) is 4.33. The normalized spacial score (nSPS) is 27.3. The van der Waals surface area contributed by atoms with Gasteiger partial charge in [-0.2, -0.15) is 0 Å². The SMILES string of the molecule is CCC1C(=O)N(C(C)C)C(=O)C1C(C)C. The average molecular weight is 211 g/mol. The van der Waals surface area contributed by atoms with Crippen molar-refractivity contribution in [2.45, 2.75) is 47.1 Å². The minimum Gasteiger partial charge on any atom is -0.280 e. The number of hydrogen-bond acceptors (Lipinski definition) is 2. The van der Waals surface area contributed by atoms with Gasteiger partial charge in [0, 0.05) is 6.04 Å². The molecule has 3 nitrogen and oxygen atoms in total. The van der Waals surface area contributed by atoms with Crippen LogP contribution in [0.15, 0.2) is 0 Å². The maximum absolute atomic E-state index is 12.1. The predicted octanol–water partition coefficient (Wildman–Crippen LogP) is 2.06. The van der Waals surface area contributed by atoms with Crippen LogP contribution in [0, 0.1) is 17.8 Å². The van der Waals surface area contributed by atoms with Crippen molar-refractivity contribution in [1.82, 2.24) is 4.90 Å². The van der Waals surface area contributed by atoms with Gasteiger partial charge < -0.3 is 0 Å².